The van der Waals surface area contributed by atoms with Crippen LogP contribution >= 0.6 is 11.6 Å². The summed E-state index contributed by atoms with van der Waals surface area (Å²) in [6.45, 7) is 2.95. The number of nitrogens with zero attached hydrogens (tertiary/aromatic N) is 2. The fourth-order valence-electron chi connectivity index (χ4n) is 4.59. The molecule has 1 amide bonds. The molecule has 2 heterocycles. The number of anilines is 1. The van der Waals surface area contributed by atoms with E-state index in [-0.39, 0.29) is 23.6 Å². The van der Waals surface area contributed by atoms with Crippen LogP contribution in [0.2, 0.25) is 5.02 Å². The number of halogens is 1. The van der Waals surface area contributed by atoms with Crippen LogP contribution in [0.25, 0.3) is 10.8 Å². The van der Waals surface area contributed by atoms with Crippen molar-refractivity contribution in [1.29, 1.82) is 0 Å². The van der Waals surface area contributed by atoms with Crippen molar-refractivity contribution >= 4 is 44.2 Å². The lowest BCUT2D eigenvalue weighted by Gasteiger charge is -2.39. The van der Waals surface area contributed by atoms with E-state index in [9.17, 15) is 13.2 Å². The molecule has 1 fully saturated rings. The normalized spacial score (nSPS) is 17.9. The number of hydrogen-bond acceptors (Lipinski definition) is 4. The van der Waals surface area contributed by atoms with Crippen LogP contribution in [0.3, 0.4) is 0 Å². The van der Waals surface area contributed by atoms with E-state index in [0.717, 1.165) is 27.6 Å². The Labute approximate surface area is 192 Å². The number of rotatable bonds is 3. The summed E-state index contributed by atoms with van der Waals surface area (Å²) in [7, 11) is -3.64. The van der Waals surface area contributed by atoms with Gasteiger partial charge in [-0.25, -0.2) is 13.2 Å². The molecule has 3 aromatic carbocycles. The number of piperidine rings is 1. The summed E-state index contributed by atoms with van der Waals surface area (Å²) in [5.74, 6) is 0. The lowest BCUT2D eigenvalue weighted by atomic mass is 10.0. The van der Waals surface area contributed by atoms with Gasteiger partial charge in [-0.15, -0.1) is 0 Å². The summed E-state index contributed by atoms with van der Waals surface area (Å²) in [5, 5.41) is 2.21. The molecule has 8 heteroatoms. The molecule has 32 heavy (non-hydrogen) atoms. The largest absolute Gasteiger partial charge is 0.444 e. The summed E-state index contributed by atoms with van der Waals surface area (Å²) in [6, 6.07) is 16.3. The summed E-state index contributed by atoms with van der Waals surface area (Å²) in [5.41, 5.74) is 2.95. The first kappa shape index (κ1) is 21.2. The number of carbonyl (C=O) groups excluding carboxylic acids is 1. The number of benzene rings is 3. The third-order valence-corrected chi connectivity index (χ3v) is 8.49. The highest BCUT2D eigenvalue weighted by atomic mass is 35.5. The third-order valence-electron chi connectivity index (χ3n) is 6.27. The maximum absolute atomic E-state index is 13.3. The van der Waals surface area contributed by atoms with E-state index in [0.29, 0.717) is 31.0 Å². The standard InChI is InChI=1S/C24H23ClN2O4S/c1-16-5-8-23-18(13-16)15-31-24(28)27(23)19-9-11-26(12-10-19)32(29,30)20-6-7-21-17(14-20)3-2-4-22(21)25/h2-8,13-14,19H,9-12,15H2,1H3. The highest BCUT2D eigenvalue weighted by Gasteiger charge is 2.37. The van der Waals surface area contributed by atoms with E-state index >= 15 is 0 Å². The molecule has 0 aliphatic carbocycles. The minimum atomic E-state index is -3.64. The van der Waals surface area contributed by atoms with Crippen LogP contribution in [0, 0.1) is 6.92 Å². The van der Waals surface area contributed by atoms with Crippen molar-refractivity contribution in [2.24, 2.45) is 0 Å². The van der Waals surface area contributed by atoms with E-state index in [1.807, 2.05) is 37.3 Å². The number of aryl methyl sites for hydroxylation is 1. The van der Waals surface area contributed by atoms with Crippen LogP contribution in [-0.2, 0) is 21.4 Å². The van der Waals surface area contributed by atoms with Crippen LogP contribution < -0.4 is 4.90 Å². The van der Waals surface area contributed by atoms with Gasteiger partial charge in [-0.05, 0) is 49.4 Å². The summed E-state index contributed by atoms with van der Waals surface area (Å²) < 4.78 is 33.5. The van der Waals surface area contributed by atoms with Crippen molar-refractivity contribution < 1.29 is 17.9 Å². The molecule has 2 aliphatic rings. The van der Waals surface area contributed by atoms with Crippen molar-refractivity contribution in [2.75, 3.05) is 18.0 Å². The number of ether oxygens (including phenoxy) is 1. The Balaban J connectivity index is 1.36. The highest BCUT2D eigenvalue weighted by molar-refractivity contribution is 7.89. The number of amides is 1. The van der Waals surface area contributed by atoms with Crippen LogP contribution in [0.5, 0.6) is 0 Å². The van der Waals surface area contributed by atoms with Gasteiger partial charge in [0, 0.05) is 35.1 Å². The Hall–Kier alpha value is -2.61. The average molecular weight is 471 g/mol. The van der Waals surface area contributed by atoms with Gasteiger partial charge in [0.05, 0.1) is 10.6 Å². The third kappa shape index (κ3) is 3.64. The van der Waals surface area contributed by atoms with Crippen molar-refractivity contribution in [3.8, 4) is 0 Å². The van der Waals surface area contributed by atoms with Gasteiger partial charge in [0.2, 0.25) is 10.0 Å². The first-order chi connectivity index (χ1) is 15.3. The Kier molecular flexibility index (Phi) is 5.35. The molecule has 0 bridgehead atoms. The molecule has 0 radical (unpaired) electrons. The molecule has 3 aromatic rings. The summed E-state index contributed by atoms with van der Waals surface area (Å²) in [6.07, 6.45) is 0.719. The molecule has 0 aromatic heterocycles. The molecule has 1 saturated heterocycles. The van der Waals surface area contributed by atoms with Crippen LogP contribution in [0.15, 0.2) is 59.5 Å². The van der Waals surface area contributed by atoms with Crippen LogP contribution in [0.4, 0.5) is 10.5 Å². The number of sulfonamides is 1. The maximum Gasteiger partial charge on any atom is 0.414 e. The van der Waals surface area contributed by atoms with Crippen LogP contribution in [-0.4, -0.2) is 37.9 Å². The topological polar surface area (TPSA) is 66.9 Å². The van der Waals surface area contributed by atoms with Crippen molar-refractivity contribution in [3.05, 3.63) is 70.7 Å². The SMILES string of the molecule is Cc1ccc2c(c1)COC(=O)N2C1CCN(S(=O)(=O)c2ccc3c(Cl)cccc3c2)CC1. The number of fused-ring (bicyclic) bond motifs is 2. The molecular weight excluding hydrogens is 448 g/mol. The Morgan fingerprint density at radius 3 is 2.59 bits per heavy atom. The zero-order valence-corrected chi connectivity index (χ0v) is 19.2. The Morgan fingerprint density at radius 2 is 1.81 bits per heavy atom. The summed E-state index contributed by atoms with van der Waals surface area (Å²) >= 11 is 6.22. The van der Waals surface area contributed by atoms with Crippen molar-refractivity contribution in [3.63, 3.8) is 0 Å². The molecule has 0 N–H and O–H groups in total. The van der Waals surface area contributed by atoms with Gasteiger partial charge in [-0.2, -0.15) is 4.31 Å². The fourth-order valence-corrected chi connectivity index (χ4v) is 6.34. The van der Waals surface area contributed by atoms with Crippen molar-refractivity contribution in [2.45, 2.75) is 37.3 Å². The minimum absolute atomic E-state index is 0.105. The van der Waals surface area contributed by atoms with Gasteiger partial charge in [0.15, 0.2) is 0 Å². The molecule has 0 unspecified atom stereocenters. The minimum Gasteiger partial charge on any atom is -0.444 e. The predicted molar refractivity (Wildman–Crippen MR) is 125 cm³/mol. The van der Waals surface area contributed by atoms with E-state index in [4.69, 9.17) is 16.3 Å². The van der Waals surface area contributed by atoms with Gasteiger partial charge in [-0.3, -0.25) is 4.90 Å². The van der Waals surface area contributed by atoms with Crippen LogP contribution in [0.1, 0.15) is 24.0 Å². The Morgan fingerprint density at radius 1 is 1.03 bits per heavy atom. The lowest BCUT2D eigenvalue weighted by Crippen LogP contribution is -2.50. The first-order valence-electron chi connectivity index (χ1n) is 10.6. The van der Waals surface area contributed by atoms with E-state index in [1.165, 1.54) is 4.31 Å². The predicted octanol–water partition coefficient (Wildman–Crippen LogP) is 5.11. The second-order valence-electron chi connectivity index (χ2n) is 8.31. The van der Waals surface area contributed by atoms with Gasteiger partial charge in [-0.1, -0.05) is 47.5 Å². The van der Waals surface area contributed by atoms with Gasteiger partial charge < -0.3 is 4.74 Å². The monoisotopic (exact) mass is 470 g/mol. The molecule has 2 aliphatic heterocycles. The number of cyclic esters (lactones) is 1. The molecule has 5 rings (SSSR count). The molecule has 0 spiro atoms. The lowest BCUT2D eigenvalue weighted by molar-refractivity contribution is 0.135. The van der Waals surface area contributed by atoms with E-state index in [1.54, 1.807) is 29.2 Å². The smallest absolute Gasteiger partial charge is 0.414 e. The molecular formula is C24H23ClN2O4S. The van der Waals surface area contributed by atoms with Gasteiger partial charge in [0.1, 0.15) is 6.61 Å². The maximum atomic E-state index is 13.3. The second kappa shape index (κ2) is 8.06. The number of carbonyl (C=O) groups is 1. The fraction of sp³-hybridized carbons (Fsp3) is 0.292. The molecule has 0 atom stereocenters. The molecule has 6 nitrogen and oxygen atoms in total. The van der Waals surface area contributed by atoms with Gasteiger partial charge in [0.25, 0.3) is 0 Å². The zero-order valence-electron chi connectivity index (χ0n) is 17.6. The summed E-state index contributed by atoms with van der Waals surface area (Å²) in [4.78, 5) is 14.5. The molecule has 0 saturated carbocycles. The number of hydrogen-bond donors (Lipinski definition) is 0. The first-order valence-corrected chi connectivity index (χ1v) is 12.4. The van der Waals surface area contributed by atoms with E-state index in [2.05, 4.69) is 0 Å². The quantitative estimate of drug-likeness (QED) is 0.533. The average Bonchev–Trinajstić information content (AvgIpc) is 2.79. The molecule has 166 valence electrons. The second-order valence-corrected chi connectivity index (χ2v) is 10.7. The highest BCUT2D eigenvalue weighted by Crippen LogP contribution is 2.34. The Bertz CT molecular complexity index is 1320. The van der Waals surface area contributed by atoms with Crippen molar-refractivity contribution in [1.82, 2.24) is 4.31 Å². The zero-order chi connectivity index (χ0) is 22.5. The van der Waals surface area contributed by atoms with Gasteiger partial charge >= 0.3 is 6.09 Å². The van der Waals surface area contributed by atoms with E-state index < -0.39 is 10.0 Å².